The van der Waals surface area contributed by atoms with E-state index < -0.39 is 17.7 Å². The van der Waals surface area contributed by atoms with E-state index in [-0.39, 0.29) is 5.69 Å². The summed E-state index contributed by atoms with van der Waals surface area (Å²) < 4.78 is 2.91. The quantitative estimate of drug-likeness (QED) is 0.263. The topological polar surface area (TPSA) is 92.2 Å². The van der Waals surface area contributed by atoms with Crippen LogP contribution in [0.2, 0.25) is 5.02 Å². The number of nitrogens with one attached hydrogen (secondary N) is 3. The molecule has 10 heteroatoms. The van der Waals surface area contributed by atoms with Crippen LogP contribution in [-0.2, 0) is 9.59 Å². The number of carbonyl (C=O) groups is 3. The third kappa shape index (κ3) is 5.27. The second-order valence-electron chi connectivity index (χ2n) is 6.90. The molecule has 3 N–H and O–H groups in total. The summed E-state index contributed by atoms with van der Waals surface area (Å²) in [7, 11) is 0. The van der Waals surface area contributed by atoms with Crippen LogP contribution in [-0.4, -0.2) is 22.4 Å². The van der Waals surface area contributed by atoms with Gasteiger partial charge in [-0.3, -0.25) is 19.8 Å². The summed E-state index contributed by atoms with van der Waals surface area (Å²) in [5.41, 5.74) is 4.04. The molecule has 0 saturated carbocycles. The minimum atomic E-state index is -0.940. The largest absolute Gasteiger partial charge is 0.328 e. The van der Waals surface area contributed by atoms with Crippen molar-refractivity contribution in [3.8, 4) is 0 Å². The molecule has 4 rings (SSSR count). The fraction of sp³-hybridized carbons (Fsp3) is 0. The maximum atomic E-state index is 13.1. The van der Waals surface area contributed by atoms with Gasteiger partial charge in [-0.1, -0.05) is 55.6 Å². The first kappa shape index (κ1) is 23.0. The Balaban J connectivity index is 1.63. The van der Waals surface area contributed by atoms with E-state index in [0.717, 1.165) is 8.95 Å². The van der Waals surface area contributed by atoms with E-state index in [1.165, 1.54) is 4.68 Å². The van der Waals surface area contributed by atoms with E-state index in [2.05, 4.69) is 47.9 Å². The number of hydrogen-bond donors (Lipinski definition) is 3. The summed E-state index contributed by atoms with van der Waals surface area (Å²) in [4.78, 5) is 38.2. The fourth-order valence-electron chi connectivity index (χ4n) is 3.10. The average molecular weight is 591 g/mol. The van der Waals surface area contributed by atoms with Gasteiger partial charge in [-0.05, 0) is 60.7 Å². The number of para-hydroxylation sites is 1. The molecule has 7 nitrogen and oxygen atoms in total. The zero-order valence-corrected chi connectivity index (χ0v) is 20.7. The highest BCUT2D eigenvalue weighted by atomic mass is 79.9. The lowest BCUT2D eigenvalue weighted by atomic mass is 10.2. The van der Waals surface area contributed by atoms with Crippen molar-refractivity contribution >= 4 is 83.5 Å². The van der Waals surface area contributed by atoms with Crippen LogP contribution in [0.5, 0.6) is 0 Å². The Morgan fingerprint density at radius 3 is 2.21 bits per heavy atom. The van der Waals surface area contributed by atoms with Crippen LogP contribution in [0.4, 0.5) is 11.4 Å². The average Bonchev–Trinajstić information content (AvgIpc) is 3.14. The van der Waals surface area contributed by atoms with Crippen molar-refractivity contribution in [2.24, 2.45) is 0 Å². The molecule has 0 bridgehead atoms. The number of nitrogens with zero attached hydrogens (tertiary/aromatic N) is 1. The molecule has 166 valence electrons. The van der Waals surface area contributed by atoms with Gasteiger partial charge in [0.25, 0.3) is 5.91 Å². The zero-order valence-electron chi connectivity index (χ0n) is 16.7. The molecule has 0 saturated heterocycles. The van der Waals surface area contributed by atoms with Gasteiger partial charge in [0.15, 0.2) is 0 Å². The summed E-state index contributed by atoms with van der Waals surface area (Å²) in [6.07, 6.45) is 0. The van der Waals surface area contributed by atoms with Gasteiger partial charge >= 0.3 is 11.8 Å². The highest BCUT2D eigenvalue weighted by Gasteiger charge is 2.21. The second-order valence-corrected chi connectivity index (χ2v) is 9.14. The van der Waals surface area contributed by atoms with Gasteiger partial charge in [-0.15, -0.1) is 0 Å². The Kier molecular flexibility index (Phi) is 6.83. The number of rotatable bonds is 4. The normalized spacial score (nSPS) is 10.6. The van der Waals surface area contributed by atoms with Crippen LogP contribution in [0.25, 0.3) is 10.9 Å². The predicted octanol–water partition coefficient (Wildman–Crippen LogP) is 5.78. The van der Waals surface area contributed by atoms with E-state index in [0.29, 0.717) is 27.3 Å². The minimum absolute atomic E-state index is 0.118. The maximum absolute atomic E-state index is 13.1. The van der Waals surface area contributed by atoms with Crippen LogP contribution in [0.3, 0.4) is 0 Å². The molecule has 3 amide bonds. The fourth-order valence-corrected chi connectivity index (χ4v) is 3.92. The molecule has 0 aliphatic rings. The van der Waals surface area contributed by atoms with Gasteiger partial charge in [-0.25, -0.2) is 4.68 Å². The lowest BCUT2D eigenvalue weighted by Gasteiger charge is -2.13. The molecular weight excluding hydrogens is 576 g/mol. The minimum Gasteiger partial charge on any atom is -0.319 e. The number of halogens is 3. The summed E-state index contributed by atoms with van der Waals surface area (Å²) in [6.45, 7) is 0. The molecule has 0 radical (unpaired) electrons. The lowest BCUT2D eigenvalue weighted by molar-refractivity contribution is -0.133. The number of hydrogen-bond acceptors (Lipinski definition) is 3. The van der Waals surface area contributed by atoms with Crippen molar-refractivity contribution in [1.29, 1.82) is 0 Å². The molecule has 0 fully saturated rings. The van der Waals surface area contributed by atoms with E-state index in [1.54, 1.807) is 72.8 Å². The zero-order chi connectivity index (χ0) is 23.5. The summed E-state index contributed by atoms with van der Waals surface area (Å²) in [5, 5.41) is 6.31. The third-order valence-electron chi connectivity index (χ3n) is 4.64. The molecular formula is C23H15Br2ClN4O3. The molecule has 0 spiro atoms. The molecule has 0 aliphatic carbocycles. The molecule has 1 aromatic heterocycles. The van der Waals surface area contributed by atoms with E-state index in [9.17, 15) is 14.4 Å². The number of benzene rings is 3. The monoisotopic (exact) mass is 588 g/mol. The van der Waals surface area contributed by atoms with Crippen molar-refractivity contribution < 1.29 is 14.4 Å². The van der Waals surface area contributed by atoms with Gasteiger partial charge in [0.05, 0.1) is 16.2 Å². The third-order valence-corrected chi connectivity index (χ3v) is 5.99. The van der Waals surface area contributed by atoms with Crippen molar-refractivity contribution in [3.05, 3.63) is 92.5 Å². The van der Waals surface area contributed by atoms with E-state index >= 15 is 0 Å². The van der Waals surface area contributed by atoms with E-state index in [4.69, 9.17) is 11.6 Å². The number of fused-ring (bicyclic) bond motifs is 1. The molecule has 0 aliphatic heterocycles. The molecule has 33 heavy (non-hydrogen) atoms. The van der Waals surface area contributed by atoms with Crippen molar-refractivity contribution in [2.45, 2.75) is 0 Å². The molecule has 0 atom stereocenters. The van der Waals surface area contributed by atoms with Gasteiger partial charge in [-0.2, -0.15) is 0 Å². The Morgan fingerprint density at radius 2 is 1.48 bits per heavy atom. The standard InChI is InChI=1S/C23H15Br2ClN4O3/c24-14-5-8-16(9-6-14)27-22(32)23(33)29-30-19-10-7-15(25)11-13(19)12-20(30)21(31)28-18-4-2-1-3-17(18)26/h1-12H,(H,27,32)(H,28,31)(H,29,33). The smallest absolute Gasteiger partial charge is 0.319 e. The Bertz CT molecular complexity index is 1390. The van der Waals surface area contributed by atoms with Gasteiger partial charge in [0.1, 0.15) is 5.69 Å². The van der Waals surface area contributed by atoms with Crippen LogP contribution < -0.4 is 16.1 Å². The lowest BCUT2D eigenvalue weighted by Crippen LogP contribution is -2.36. The molecule has 1 heterocycles. The van der Waals surface area contributed by atoms with E-state index in [1.807, 2.05) is 0 Å². The Morgan fingerprint density at radius 1 is 0.788 bits per heavy atom. The van der Waals surface area contributed by atoms with Crippen LogP contribution in [0.1, 0.15) is 10.5 Å². The van der Waals surface area contributed by atoms with Crippen LogP contribution in [0.15, 0.2) is 81.7 Å². The number of anilines is 2. The Labute approximate surface area is 210 Å². The predicted molar refractivity (Wildman–Crippen MR) is 136 cm³/mol. The van der Waals surface area contributed by atoms with Crippen LogP contribution in [0, 0.1) is 0 Å². The molecule has 3 aromatic carbocycles. The van der Waals surface area contributed by atoms with Crippen molar-refractivity contribution in [2.75, 3.05) is 16.1 Å². The maximum Gasteiger partial charge on any atom is 0.328 e. The van der Waals surface area contributed by atoms with Gasteiger partial charge in [0, 0.05) is 20.0 Å². The highest BCUT2D eigenvalue weighted by Crippen LogP contribution is 2.25. The summed E-state index contributed by atoms with van der Waals surface area (Å²) >= 11 is 12.9. The van der Waals surface area contributed by atoms with Crippen molar-refractivity contribution in [3.63, 3.8) is 0 Å². The van der Waals surface area contributed by atoms with Gasteiger partial charge in [0.2, 0.25) is 0 Å². The first-order valence-electron chi connectivity index (χ1n) is 9.56. The first-order valence-corrected chi connectivity index (χ1v) is 11.5. The summed E-state index contributed by atoms with van der Waals surface area (Å²) in [5.74, 6) is -2.33. The highest BCUT2D eigenvalue weighted by molar-refractivity contribution is 9.10. The number of amides is 3. The van der Waals surface area contributed by atoms with Gasteiger partial charge < -0.3 is 10.6 Å². The SMILES string of the molecule is O=C(Nc1ccc(Br)cc1)C(=O)Nn1c(C(=O)Nc2ccccc2Cl)cc2cc(Br)ccc21. The Hall–Kier alpha value is -3.14. The summed E-state index contributed by atoms with van der Waals surface area (Å²) in [6, 6.07) is 20.5. The van der Waals surface area contributed by atoms with Crippen molar-refractivity contribution in [1.82, 2.24) is 4.68 Å². The van der Waals surface area contributed by atoms with Crippen LogP contribution >= 0.6 is 43.5 Å². The second kappa shape index (κ2) is 9.78. The molecule has 4 aromatic rings. The molecule has 0 unspecified atom stereocenters. The first-order chi connectivity index (χ1) is 15.8. The number of aromatic nitrogens is 1. The number of carbonyl (C=O) groups excluding carboxylic acids is 3.